The number of hydrogen-bond donors (Lipinski definition) is 1. The summed E-state index contributed by atoms with van der Waals surface area (Å²) in [7, 11) is 1.56. The molecule has 0 saturated heterocycles. The van der Waals surface area contributed by atoms with Crippen LogP contribution < -0.4 is 14.8 Å². The molecule has 0 radical (unpaired) electrons. The van der Waals surface area contributed by atoms with Crippen LogP contribution in [0.25, 0.3) is 0 Å². The van der Waals surface area contributed by atoms with Crippen LogP contribution in [0.15, 0.2) is 36.4 Å². The third-order valence-electron chi connectivity index (χ3n) is 5.13. The van der Waals surface area contributed by atoms with Gasteiger partial charge < -0.3 is 14.8 Å². The van der Waals surface area contributed by atoms with Gasteiger partial charge in [-0.3, -0.25) is 4.79 Å². The van der Waals surface area contributed by atoms with Crippen LogP contribution in [0.5, 0.6) is 11.5 Å². The predicted molar refractivity (Wildman–Crippen MR) is 111 cm³/mol. The monoisotopic (exact) mass is 467 g/mol. The van der Waals surface area contributed by atoms with Crippen LogP contribution in [0.1, 0.15) is 41.6 Å². The van der Waals surface area contributed by atoms with Gasteiger partial charge in [0.1, 0.15) is 12.4 Å². The average Bonchev–Trinajstić information content (AvgIpc) is 2.72. The predicted octanol–water partition coefficient (Wildman–Crippen LogP) is 5.24. The lowest BCUT2D eigenvalue weighted by atomic mass is 9.89. The summed E-state index contributed by atoms with van der Waals surface area (Å²) in [5.74, 6) is -1.69. The highest BCUT2D eigenvalue weighted by atomic mass is 79.9. The molecule has 3 rings (SSSR count). The van der Waals surface area contributed by atoms with E-state index >= 15 is 0 Å². The number of carbonyl (C=O) groups is 1. The fraction of sp³-hybridized carbons (Fsp3) is 0.409. The average molecular weight is 468 g/mol. The van der Waals surface area contributed by atoms with Crippen LogP contribution in [0.2, 0.25) is 0 Å². The van der Waals surface area contributed by atoms with Gasteiger partial charge in [0, 0.05) is 16.9 Å². The number of ether oxygens (including phenoxy) is 2. The largest absolute Gasteiger partial charge is 0.497 e. The Kier molecular flexibility index (Phi) is 7.47. The standard InChI is InChI=1S/C22H24BrF2NO3/c1-28-18-8-4-15(5-9-18)13-29-21-19(24)10-16(11-20(21)25)22(27)26-12-14-2-6-17(23)7-3-14/h4-5,8-11,14,17H,2-3,6-7,12-13H2,1H3,(H,26,27). The van der Waals surface area contributed by atoms with Gasteiger partial charge in [-0.15, -0.1) is 0 Å². The third kappa shape index (κ3) is 5.92. The Labute approximate surface area is 177 Å². The summed E-state index contributed by atoms with van der Waals surface area (Å²) in [4.78, 5) is 12.8. The van der Waals surface area contributed by atoms with Crippen molar-refractivity contribution in [1.29, 1.82) is 0 Å². The number of amides is 1. The second kappa shape index (κ2) is 10.1. The minimum Gasteiger partial charge on any atom is -0.497 e. The van der Waals surface area contributed by atoms with E-state index in [4.69, 9.17) is 9.47 Å². The van der Waals surface area contributed by atoms with Crippen molar-refractivity contribution in [3.63, 3.8) is 0 Å². The van der Waals surface area contributed by atoms with Gasteiger partial charge in [0.15, 0.2) is 17.4 Å². The number of benzene rings is 2. The van der Waals surface area contributed by atoms with E-state index in [1.807, 2.05) is 0 Å². The van der Waals surface area contributed by atoms with Crippen molar-refractivity contribution in [1.82, 2.24) is 5.32 Å². The Morgan fingerprint density at radius 1 is 1.10 bits per heavy atom. The summed E-state index contributed by atoms with van der Waals surface area (Å²) >= 11 is 3.60. The second-order valence-corrected chi connectivity index (χ2v) is 8.53. The fourth-order valence-corrected chi connectivity index (χ4v) is 3.90. The molecule has 29 heavy (non-hydrogen) atoms. The zero-order chi connectivity index (χ0) is 20.8. The first kappa shape index (κ1) is 21.6. The van der Waals surface area contributed by atoms with E-state index in [0.717, 1.165) is 43.4 Å². The normalized spacial score (nSPS) is 18.9. The minimum atomic E-state index is -0.900. The molecule has 1 aliphatic rings. The van der Waals surface area contributed by atoms with E-state index < -0.39 is 23.3 Å². The summed E-state index contributed by atoms with van der Waals surface area (Å²) in [5.41, 5.74) is 0.690. The number of methoxy groups -OCH3 is 1. The first-order valence-electron chi connectivity index (χ1n) is 9.63. The lowest BCUT2D eigenvalue weighted by molar-refractivity contribution is 0.0942. The van der Waals surface area contributed by atoms with Gasteiger partial charge in [-0.05, 0) is 61.4 Å². The first-order valence-corrected chi connectivity index (χ1v) is 10.5. The van der Waals surface area contributed by atoms with E-state index in [9.17, 15) is 13.6 Å². The van der Waals surface area contributed by atoms with E-state index in [0.29, 0.717) is 23.0 Å². The van der Waals surface area contributed by atoms with Crippen LogP contribution >= 0.6 is 15.9 Å². The Morgan fingerprint density at radius 2 is 1.72 bits per heavy atom. The van der Waals surface area contributed by atoms with Crippen molar-refractivity contribution in [3.8, 4) is 11.5 Å². The molecule has 2 aromatic carbocycles. The maximum Gasteiger partial charge on any atom is 0.251 e. The highest BCUT2D eigenvalue weighted by molar-refractivity contribution is 9.09. The Balaban J connectivity index is 1.58. The number of alkyl halides is 1. The van der Waals surface area contributed by atoms with Crippen LogP contribution in [-0.2, 0) is 6.61 Å². The van der Waals surface area contributed by atoms with Gasteiger partial charge in [-0.2, -0.15) is 0 Å². The molecule has 4 nitrogen and oxygen atoms in total. The smallest absolute Gasteiger partial charge is 0.251 e. The molecule has 0 aliphatic heterocycles. The van der Waals surface area contributed by atoms with Crippen LogP contribution in [-0.4, -0.2) is 24.4 Å². The Bertz CT molecular complexity index is 813. The van der Waals surface area contributed by atoms with Crippen molar-refractivity contribution in [2.75, 3.05) is 13.7 Å². The summed E-state index contributed by atoms with van der Waals surface area (Å²) in [5, 5.41) is 2.79. The maximum atomic E-state index is 14.4. The molecular formula is C22H24BrF2NO3. The molecule has 0 heterocycles. The molecule has 2 aromatic rings. The number of hydrogen-bond acceptors (Lipinski definition) is 3. The molecule has 0 atom stereocenters. The highest BCUT2D eigenvalue weighted by Gasteiger charge is 2.21. The Morgan fingerprint density at radius 3 is 2.31 bits per heavy atom. The summed E-state index contributed by atoms with van der Waals surface area (Å²) in [6, 6.07) is 9.00. The van der Waals surface area contributed by atoms with E-state index in [1.54, 1.807) is 31.4 Å². The van der Waals surface area contributed by atoms with Gasteiger partial charge in [-0.25, -0.2) is 8.78 Å². The van der Waals surface area contributed by atoms with Crippen LogP contribution in [0, 0.1) is 17.6 Å². The quantitative estimate of drug-likeness (QED) is 0.566. The molecule has 0 spiro atoms. The van der Waals surface area contributed by atoms with Crippen molar-refractivity contribution in [2.24, 2.45) is 5.92 Å². The minimum absolute atomic E-state index is 0.000374. The number of nitrogens with one attached hydrogen (secondary N) is 1. The summed E-state index contributed by atoms with van der Waals surface area (Å²) < 4.78 is 39.1. The first-order chi connectivity index (χ1) is 14.0. The lowest BCUT2D eigenvalue weighted by Gasteiger charge is -2.25. The van der Waals surface area contributed by atoms with Gasteiger partial charge in [0.05, 0.1) is 7.11 Å². The van der Waals surface area contributed by atoms with Crippen molar-refractivity contribution >= 4 is 21.8 Å². The molecule has 1 fully saturated rings. The molecule has 1 aliphatic carbocycles. The molecular weight excluding hydrogens is 444 g/mol. The fourth-order valence-electron chi connectivity index (χ4n) is 3.37. The maximum absolute atomic E-state index is 14.4. The van der Waals surface area contributed by atoms with Gasteiger partial charge >= 0.3 is 0 Å². The third-order valence-corrected chi connectivity index (χ3v) is 6.05. The Hall–Kier alpha value is -2.15. The number of carbonyl (C=O) groups excluding carboxylic acids is 1. The van der Waals surface area contributed by atoms with Crippen LogP contribution in [0.4, 0.5) is 8.78 Å². The SMILES string of the molecule is COc1ccc(COc2c(F)cc(C(=O)NCC3CCC(Br)CC3)cc2F)cc1. The van der Waals surface area contributed by atoms with E-state index in [2.05, 4.69) is 21.2 Å². The van der Waals surface area contributed by atoms with E-state index in [-0.39, 0.29) is 12.2 Å². The number of halogens is 3. The topological polar surface area (TPSA) is 47.6 Å². The zero-order valence-corrected chi connectivity index (χ0v) is 17.8. The molecule has 156 valence electrons. The van der Waals surface area contributed by atoms with Gasteiger partial charge in [-0.1, -0.05) is 28.1 Å². The zero-order valence-electron chi connectivity index (χ0n) is 16.2. The van der Waals surface area contributed by atoms with Crippen LogP contribution in [0.3, 0.4) is 0 Å². The summed E-state index contributed by atoms with van der Waals surface area (Å²) in [6.45, 7) is 0.511. The molecule has 0 aromatic heterocycles. The van der Waals surface area contributed by atoms with Crippen molar-refractivity contribution < 1.29 is 23.0 Å². The molecule has 0 unspecified atom stereocenters. The second-order valence-electron chi connectivity index (χ2n) is 7.23. The van der Waals surface area contributed by atoms with Gasteiger partial charge in [0.25, 0.3) is 5.91 Å². The molecule has 0 bridgehead atoms. The van der Waals surface area contributed by atoms with Gasteiger partial charge in [0.2, 0.25) is 0 Å². The molecule has 1 amide bonds. The highest BCUT2D eigenvalue weighted by Crippen LogP contribution is 2.28. The molecule has 7 heteroatoms. The van der Waals surface area contributed by atoms with E-state index in [1.165, 1.54) is 0 Å². The molecule has 1 saturated carbocycles. The lowest BCUT2D eigenvalue weighted by Crippen LogP contribution is -2.31. The number of rotatable bonds is 7. The van der Waals surface area contributed by atoms with Crippen molar-refractivity contribution in [2.45, 2.75) is 37.1 Å². The summed E-state index contributed by atoms with van der Waals surface area (Å²) in [6.07, 6.45) is 4.20. The molecule has 1 N–H and O–H groups in total. The van der Waals surface area contributed by atoms with Crippen molar-refractivity contribution in [3.05, 3.63) is 59.2 Å².